The molecule has 1 aromatic heterocycles. The number of anilines is 1. The van der Waals surface area contributed by atoms with E-state index < -0.39 is 6.43 Å². The molecule has 0 bridgehead atoms. The molecule has 2 heterocycles. The molecule has 4 rings (SSSR count). The minimum Gasteiger partial charge on any atom is -0.489 e. The summed E-state index contributed by atoms with van der Waals surface area (Å²) in [4.78, 5) is 7.44. The van der Waals surface area contributed by atoms with Gasteiger partial charge in [0.25, 0.3) is 6.43 Å². The van der Waals surface area contributed by atoms with Gasteiger partial charge in [-0.3, -0.25) is 4.90 Å². The van der Waals surface area contributed by atoms with Crippen LogP contribution in [-0.2, 0) is 6.54 Å². The summed E-state index contributed by atoms with van der Waals surface area (Å²) in [6.45, 7) is 6.38. The van der Waals surface area contributed by atoms with Gasteiger partial charge in [-0.25, -0.2) is 13.8 Å². The third-order valence-electron chi connectivity index (χ3n) is 5.05. The number of thiazole rings is 1. The maximum atomic E-state index is 12.9. The van der Waals surface area contributed by atoms with Gasteiger partial charge >= 0.3 is 0 Å². The van der Waals surface area contributed by atoms with Crippen LogP contribution in [0, 0.1) is 0 Å². The molecule has 3 aromatic rings. The highest BCUT2D eigenvalue weighted by Crippen LogP contribution is 2.32. The van der Waals surface area contributed by atoms with Crippen molar-refractivity contribution in [2.75, 3.05) is 17.8 Å². The molecule has 0 saturated carbocycles. The third-order valence-corrected chi connectivity index (χ3v) is 6.73. The van der Waals surface area contributed by atoms with Gasteiger partial charge in [-0.2, -0.15) is 0 Å². The maximum Gasteiger partial charge on any atom is 0.263 e. The number of piperidine rings is 1. The van der Waals surface area contributed by atoms with Crippen LogP contribution in [0.25, 0.3) is 0 Å². The molecular weight excluding hydrogens is 484 g/mol. The topological polar surface area (TPSA) is 37.4 Å². The summed E-state index contributed by atoms with van der Waals surface area (Å²) < 4.78 is 35.1. The van der Waals surface area contributed by atoms with Gasteiger partial charge in [-0.05, 0) is 54.6 Å². The Morgan fingerprint density at radius 1 is 1.21 bits per heavy atom. The highest BCUT2D eigenvalue weighted by atomic mass is 35.5. The molecule has 0 amide bonds. The first-order valence-electron chi connectivity index (χ1n) is 10.9. The van der Waals surface area contributed by atoms with Crippen LogP contribution in [0.1, 0.15) is 44.2 Å². The maximum absolute atomic E-state index is 12.9. The van der Waals surface area contributed by atoms with Gasteiger partial charge in [0.15, 0.2) is 0 Å². The highest BCUT2D eigenvalue weighted by Gasteiger charge is 2.22. The average Bonchev–Trinajstić information content (AvgIpc) is 3.36. The lowest BCUT2D eigenvalue weighted by atomic mass is 10.1. The summed E-state index contributed by atoms with van der Waals surface area (Å²) in [5.41, 5.74) is 2.77. The molecule has 4 nitrogen and oxygen atoms in total. The summed E-state index contributed by atoms with van der Waals surface area (Å²) in [6.07, 6.45) is -0.607. The normalized spacial score (nSPS) is 14.6. The number of benzene rings is 2. The molecule has 0 radical (unpaired) electrons. The fourth-order valence-electron chi connectivity index (χ4n) is 3.46. The standard InChI is InChI=1S/C22H22ClF2N3OS2.C2H6/c23-19-11-18(31-27-21-13-30-14-26-21)4-5-20(19)29-17-6-8-28(9-7-17)12-15-2-1-3-16(10-15)22(24)25;1-2/h1-5,10-11,13-14,17,22,27H,6-9,12H2;1-2H3. The van der Waals surface area contributed by atoms with E-state index in [0.717, 1.165) is 42.2 Å². The Hall–Kier alpha value is -1.87. The van der Waals surface area contributed by atoms with Crippen molar-refractivity contribution < 1.29 is 13.5 Å². The van der Waals surface area contributed by atoms with Crippen LogP contribution in [0.15, 0.2) is 58.3 Å². The lowest BCUT2D eigenvalue weighted by molar-refractivity contribution is 0.0967. The Bertz CT molecular complexity index is 984. The van der Waals surface area contributed by atoms with E-state index in [9.17, 15) is 8.78 Å². The van der Waals surface area contributed by atoms with Crippen molar-refractivity contribution in [3.63, 3.8) is 0 Å². The van der Waals surface area contributed by atoms with Crippen molar-refractivity contribution in [3.8, 4) is 5.75 Å². The summed E-state index contributed by atoms with van der Waals surface area (Å²) in [6, 6.07) is 12.4. The van der Waals surface area contributed by atoms with Crippen molar-refractivity contribution in [2.45, 2.75) is 50.7 Å². The first-order chi connectivity index (χ1) is 16.1. The Labute approximate surface area is 207 Å². The predicted molar refractivity (Wildman–Crippen MR) is 135 cm³/mol. The van der Waals surface area contributed by atoms with Crippen LogP contribution in [0.5, 0.6) is 5.75 Å². The number of ether oxygens (including phenoxy) is 1. The zero-order chi connectivity index (χ0) is 23.6. The second-order valence-electron chi connectivity index (χ2n) is 7.31. The number of aromatic nitrogens is 1. The van der Waals surface area contributed by atoms with Gasteiger partial charge < -0.3 is 9.46 Å². The number of hydrogen-bond donors (Lipinski definition) is 1. The molecule has 1 saturated heterocycles. The van der Waals surface area contributed by atoms with Crippen LogP contribution >= 0.6 is 34.9 Å². The molecule has 33 heavy (non-hydrogen) atoms. The van der Waals surface area contributed by atoms with Crippen LogP contribution in [0.4, 0.5) is 14.6 Å². The monoisotopic (exact) mass is 511 g/mol. The summed E-state index contributed by atoms with van der Waals surface area (Å²) in [5.74, 6) is 1.50. The van der Waals surface area contributed by atoms with Crippen molar-refractivity contribution in [1.82, 2.24) is 9.88 Å². The van der Waals surface area contributed by atoms with E-state index in [1.54, 1.807) is 17.6 Å². The quantitative estimate of drug-likeness (QED) is 0.311. The molecule has 1 aliphatic rings. The second kappa shape index (κ2) is 13.1. The number of hydrogen-bond acceptors (Lipinski definition) is 6. The van der Waals surface area contributed by atoms with Gasteiger partial charge in [0.05, 0.1) is 10.5 Å². The summed E-state index contributed by atoms with van der Waals surface area (Å²) in [7, 11) is 0. The minimum absolute atomic E-state index is 0.0776. The van der Waals surface area contributed by atoms with Gasteiger partial charge in [0.1, 0.15) is 17.7 Å². The SMILES string of the molecule is CC.FC(F)c1cccc(CN2CCC(Oc3ccc(SNc4cscn4)cc3Cl)CC2)c1. The minimum atomic E-state index is -2.43. The zero-order valence-corrected chi connectivity index (χ0v) is 21.0. The first kappa shape index (κ1) is 25.7. The summed E-state index contributed by atoms with van der Waals surface area (Å²) >= 11 is 9.42. The zero-order valence-electron chi connectivity index (χ0n) is 18.6. The van der Waals surface area contributed by atoms with Crippen molar-refractivity contribution >= 4 is 40.7 Å². The molecule has 0 aliphatic carbocycles. The average molecular weight is 512 g/mol. The fraction of sp³-hybridized carbons (Fsp3) is 0.375. The Balaban J connectivity index is 0.00000149. The smallest absolute Gasteiger partial charge is 0.263 e. The summed E-state index contributed by atoms with van der Waals surface area (Å²) in [5, 5.41) is 2.52. The number of nitrogens with one attached hydrogen (secondary N) is 1. The third kappa shape index (κ3) is 7.84. The lowest BCUT2D eigenvalue weighted by Gasteiger charge is -2.32. The van der Waals surface area contributed by atoms with Gasteiger partial charge in [-0.15, -0.1) is 11.3 Å². The molecule has 9 heteroatoms. The van der Waals surface area contributed by atoms with Crippen molar-refractivity contribution in [3.05, 3.63) is 69.5 Å². The van der Waals surface area contributed by atoms with Gasteiger partial charge in [0, 0.05) is 35.5 Å². The number of rotatable bonds is 8. The van der Waals surface area contributed by atoms with Crippen molar-refractivity contribution in [2.24, 2.45) is 0 Å². The van der Waals surface area contributed by atoms with E-state index in [1.807, 2.05) is 43.5 Å². The van der Waals surface area contributed by atoms with E-state index in [0.29, 0.717) is 17.3 Å². The molecule has 0 unspecified atom stereocenters. The van der Waals surface area contributed by atoms with Crippen LogP contribution < -0.4 is 9.46 Å². The Morgan fingerprint density at radius 2 is 2.00 bits per heavy atom. The second-order valence-corrected chi connectivity index (χ2v) is 9.31. The Kier molecular flexibility index (Phi) is 10.2. The number of likely N-dealkylation sites (tertiary alicyclic amines) is 1. The van der Waals surface area contributed by atoms with Crippen LogP contribution in [-0.4, -0.2) is 29.1 Å². The molecule has 178 valence electrons. The Morgan fingerprint density at radius 3 is 2.67 bits per heavy atom. The van der Waals surface area contributed by atoms with Crippen LogP contribution in [0.2, 0.25) is 5.02 Å². The number of halogens is 3. The largest absolute Gasteiger partial charge is 0.489 e. The van der Waals surface area contributed by atoms with E-state index in [4.69, 9.17) is 16.3 Å². The molecule has 2 aromatic carbocycles. The van der Waals surface area contributed by atoms with E-state index in [1.165, 1.54) is 29.4 Å². The lowest BCUT2D eigenvalue weighted by Crippen LogP contribution is -2.37. The molecule has 1 aliphatic heterocycles. The van der Waals surface area contributed by atoms with Gasteiger partial charge in [-0.1, -0.05) is 43.6 Å². The van der Waals surface area contributed by atoms with E-state index in [-0.39, 0.29) is 11.7 Å². The molecule has 1 N–H and O–H groups in total. The molecular formula is C24H28ClF2N3OS2. The van der Waals surface area contributed by atoms with E-state index >= 15 is 0 Å². The fourth-order valence-corrected chi connectivity index (χ4v) is 4.96. The highest BCUT2D eigenvalue weighted by molar-refractivity contribution is 8.00. The first-order valence-corrected chi connectivity index (χ1v) is 13.1. The molecule has 1 fully saturated rings. The predicted octanol–water partition coefficient (Wildman–Crippen LogP) is 7.92. The van der Waals surface area contributed by atoms with E-state index in [2.05, 4.69) is 14.6 Å². The van der Waals surface area contributed by atoms with Crippen molar-refractivity contribution in [1.29, 1.82) is 0 Å². The molecule has 0 atom stereocenters. The van der Waals surface area contributed by atoms with Crippen LogP contribution in [0.3, 0.4) is 0 Å². The van der Waals surface area contributed by atoms with Gasteiger partial charge in [0.2, 0.25) is 0 Å². The number of alkyl halides is 2. The number of nitrogens with zero attached hydrogens (tertiary/aromatic N) is 2. The molecule has 0 spiro atoms.